The zero-order valence-corrected chi connectivity index (χ0v) is 24.2. The number of halogens is 4. The molecule has 5 aliphatic heterocycles. The Morgan fingerprint density at radius 2 is 1.96 bits per heavy atom. The number of phenols is 1. The number of nitrogens with one attached hydrogen (secondary N) is 1. The maximum atomic E-state index is 16.8. The molecular formula is C32H30F4N6O3. The highest BCUT2D eigenvalue weighted by molar-refractivity contribution is 6.02. The minimum atomic E-state index is -1.19. The number of pyridine rings is 1. The largest absolute Gasteiger partial charge is 0.508 e. The highest BCUT2D eigenvalue weighted by Crippen LogP contribution is 2.45. The van der Waals surface area contributed by atoms with Gasteiger partial charge in [0.15, 0.2) is 17.5 Å². The molecule has 2 bridgehead atoms. The van der Waals surface area contributed by atoms with Crippen molar-refractivity contribution in [1.29, 1.82) is 0 Å². The van der Waals surface area contributed by atoms with E-state index in [1.807, 2.05) is 0 Å². The van der Waals surface area contributed by atoms with Crippen LogP contribution in [0.4, 0.5) is 23.4 Å². The van der Waals surface area contributed by atoms with Crippen molar-refractivity contribution in [3.8, 4) is 28.9 Å². The number of fused-ring (bicyclic) bond motifs is 7. The molecule has 5 atom stereocenters. The number of aromatic hydroxyl groups is 1. The van der Waals surface area contributed by atoms with Crippen LogP contribution in [-0.4, -0.2) is 87.6 Å². The van der Waals surface area contributed by atoms with Crippen LogP contribution in [0.3, 0.4) is 0 Å². The summed E-state index contributed by atoms with van der Waals surface area (Å²) in [6, 6.07) is 4.83. The van der Waals surface area contributed by atoms with Crippen molar-refractivity contribution < 1.29 is 32.1 Å². The normalized spacial score (nSPS) is 28.8. The molecule has 2 aromatic heterocycles. The number of anilines is 1. The number of phenolic OH excluding ortho intramolecular Hbond substituents is 1. The zero-order valence-electron chi connectivity index (χ0n) is 24.2. The number of aromatic nitrogens is 3. The first kappa shape index (κ1) is 27.3. The van der Waals surface area contributed by atoms with Gasteiger partial charge in [-0.2, -0.15) is 9.97 Å². The summed E-state index contributed by atoms with van der Waals surface area (Å²) < 4.78 is 73.5. The summed E-state index contributed by atoms with van der Waals surface area (Å²) in [6.07, 6.45) is 3.06. The highest BCUT2D eigenvalue weighted by Gasteiger charge is 2.50. The summed E-state index contributed by atoms with van der Waals surface area (Å²) >= 11 is 0. The Morgan fingerprint density at radius 1 is 1.07 bits per heavy atom. The van der Waals surface area contributed by atoms with Crippen molar-refractivity contribution in [2.45, 2.75) is 61.9 Å². The van der Waals surface area contributed by atoms with Gasteiger partial charge >= 0.3 is 6.01 Å². The highest BCUT2D eigenvalue weighted by atomic mass is 19.2. The molecule has 2 aromatic carbocycles. The van der Waals surface area contributed by atoms with Crippen LogP contribution in [0.15, 0.2) is 24.3 Å². The Labute approximate surface area is 255 Å². The van der Waals surface area contributed by atoms with Crippen LogP contribution in [0.1, 0.15) is 32.1 Å². The first-order chi connectivity index (χ1) is 21.8. The van der Waals surface area contributed by atoms with E-state index >= 15 is 8.78 Å². The van der Waals surface area contributed by atoms with Crippen LogP contribution >= 0.6 is 0 Å². The van der Waals surface area contributed by atoms with Gasteiger partial charge in [0.1, 0.15) is 47.5 Å². The Hall–Kier alpha value is -3.97. The number of alkyl halides is 1. The number of benzene rings is 2. The van der Waals surface area contributed by atoms with Gasteiger partial charge in [-0.15, -0.1) is 0 Å². The van der Waals surface area contributed by atoms with E-state index in [0.29, 0.717) is 25.3 Å². The van der Waals surface area contributed by atoms with Gasteiger partial charge in [0.2, 0.25) is 5.88 Å². The molecule has 0 aliphatic carbocycles. The molecule has 9 nitrogen and oxygen atoms in total. The van der Waals surface area contributed by atoms with Crippen molar-refractivity contribution in [1.82, 2.24) is 25.2 Å². The second kappa shape index (κ2) is 9.76. The fourth-order valence-corrected chi connectivity index (χ4v) is 8.38. The van der Waals surface area contributed by atoms with Crippen molar-refractivity contribution in [2.75, 3.05) is 37.7 Å². The van der Waals surface area contributed by atoms with Crippen molar-refractivity contribution in [2.24, 2.45) is 0 Å². The summed E-state index contributed by atoms with van der Waals surface area (Å²) in [6.45, 7) is 2.14. The van der Waals surface area contributed by atoms with Crippen LogP contribution in [0.2, 0.25) is 0 Å². The summed E-state index contributed by atoms with van der Waals surface area (Å²) in [7, 11) is 0. The second-order valence-corrected chi connectivity index (χ2v) is 13.0. The molecule has 7 heterocycles. The lowest BCUT2D eigenvalue weighted by molar-refractivity contribution is 0.107. The fourth-order valence-electron chi connectivity index (χ4n) is 8.38. The minimum absolute atomic E-state index is 0.0538. The van der Waals surface area contributed by atoms with Gasteiger partial charge in [-0.3, -0.25) is 4.90 Å². The zero-order chi connectivity index (χ0) is 30.6. The third-order valence-corrected chi connectivity index (χ3v) is 10.4. The number of rotatable bonds is 4. The minimum Gasteiger partial charge on any atom is -0.508 e. The SMILES string of the molecule is Oc1cc(-c2nc3c4c(nc(OCC56CCCN5CC(F)C6)nc4c2F)N2CC4CCC(N4)C2CO3)c2c(F)c(F)ccc2c1. The van der Waals surface area contributed by atoms with Gasteiger partial charge < -0.3 is 24.8 Å². The van der Waals surface area contributed by atoms with Crippen molar-refractivity contribution >= 4 is 27.5 Å². The van der Waals surface area contributed by atoms with E-state index in [9.17, 15) is 13.9 Å². The van der Waals surface area contributed by atoms with E-state index in [4.69, 9.17) is 14.5 Å². The maximum Gasteiger partial charge on any atom is 0.319 e. The van der Waals surface area contributed by atoms with Gasteiger partial charge in [-0.1, -0.05) is 6.07 Å². The van der Waals surface area contributed by atoms with E-state index in [2.05, 4.69) is 25.1 Å². The van der Waals surface area contributed by atoms with Crippen molar-refractivity contribution in [3.63, 3.8) is 0 Å². The molecule has 0 radical (unpaired) electrons. The number of hydrogen-bond acceptors (Lipinski definition) is 9. The quantitative estimate of drug-likeness (QED) is 0.316. The second-order valence-electron chi connectivity index (χ2n) is 13.0. The number of ether oxygens (including phenoxy) is 2. The first-order valence-corrected chi connectivity index (χ1v) is 15.5. The van der Waals surface area contributed by atoms with Crippen LogP contribution in [0, 0.1) is 17.5 Å². The van der Waals surface area contributed by atoms with E-state index in [1.165, 1.54) is 12.1 Å². The molecule has 0 amide bonds. The fraction of sp³-hybridized carbons (Fsp3) is 0.469. The standard InChI is InChI=1S/C32H30F4N6O3/c33-16-10-32(6-1-7-41(32)11-16)14-45-31-39-28-24-29(40-31)42-12-17-3-5-21(37-17)22(42)13-44-30(24)38-27(26(28)36)19-9-18(43)8-15-2-4-20(34)25(35)23(15)19/h2,4,8-9,16-17,21-22,37,43H,1,3,5-7,10-14H2. The average molecular weight is 623 g/mol. The molecule has 5 aliphatic rings. The lowest BCUT2D eigenvalue weighted by Crippen LogP contribution is -2.60. The number of hydrogen-bond donors (Lipinski definition) is 2. The third-order valence-electron chi connectivity index (χ3n) is 10.4. The molecule has 9 rings (SSSR count). The van der Waals surface area contributed by atoms with Crippen LogP contribution in [0.25, 0.3) is 32.9 Å². The van der Waals surface area contributed by atoms with Gasteiger partial charge in [0.25, 0.3) is 0 Å². The Balaban J connectivity index is 1.24. The molecule has 13 heteroatoms. The smallest absolute Gasteiger partial charge is 0.319 e. The summed E-state index contributed by atoms with van der Waals surface area (Å²) in [5, 5.41) is 14.3. The Bertz CT molecular complexity index is 1900. The Morgan fingerprint density at radius 3 is 2.84 bits per heavy atom. The predicted molar refractivity (Wildman–Crippen MR) is 157 cm³/mol. The molecule has 45 heavy (non-hydrogen) atoms. The lowest BCUT2D eigenvalue weighted by atomic mass is 9.95. The average Bonchev–Trinajstić information content (AvgIpc) is 3.65. The van der Waals surface area contributed by atoms with Crippen LogP contribution in [-0.2, 0) is 0 Å². The molecule has 4 fully saturated rings. The molecular weight excluding hydrogens is 592 g/mol. The Kier molecular flexibility index (Phi) is 5.93. The van der Waals surface area contributed by atoms with Gasteiger partial charge in [-0.25, -0.2) is 22.5 Å². The third kappa shape index (κ3) is 4.09. The summed E-state index contributed by atoms with van der Waals surface area (Å²) in [4.78, 5) is 18.1. The van der Waals surface area contributed by atoms with Crippen LogP contribution in [0.5, 0.6) is 17.6 Å². The molecule has 4 saturated heterocycles. The van der Waals surface area contributed by atoms with E-state index < -0.39 is 29.2 Å². The van der Waals surface area contributed by atoms with Crippen LogP contribution < -0.4 is 19.7 Å². The lowest BCUT2D eigenvalue weighted by Gasteiger charge is -2.40. The van der Waals surface area contributed by atoms with Crippen molar-refractivity contribution in [3.05, 3.63) is 41.7 Å². The molecule has 4 aromatic rings. The molecule has 2 N–H and O–H groups in total. The molecule has 5 unspecified atom stereocenters. The number of piperazine rings is 1. The summed E-state index contributed by atoms with van der Waals surface area (Å²) in [5.74, 6) is -3.01. The molecule has 234 valence electrons. The molecule has 0 spiro atoms. The molecule has 0 saturated carbocycles. The number of nitrogens with zero attached hydrogens (tertiary/aromatic N) is 5. The van der Waals surface area contributed by atoms with E-state index in [0.717, 1.165) is 44.4 Å². The first-order valence-electron chi connectivity index (χ1n) is 15.5. The van der Waals surface area contributed by atoms with Gasteiger partial charge in [0, 0.05) is 42.5 Å². The van der Waals surface area contributed by atoms with Gasteiger partial charge in [0.05, 0.1) is 11.6 Å². The summed E-state index contributed by atoms with van der Waals surface area (Å²) in [5.41, 5.74) is -1.12. The van der Waals surface area contributed by atoms with E-state index in [1.54, 1.807) is 0 Å². The maximum absolute atomic E-state index is 16.8. The predicted octanol–water partition coefficient (Wildman–Crippen LogP) is 4.62. The van der Waals surface area contributed by atoms with Gasteiger partial charge in [-0.05, 0) is 55.8 Å². The topological polar surface area (TPSA) is 95.9 Å². The monoisotopic (exact) mass is 622 g/mol. The van der Waals surface area contributed by atoms with E-state index in [-0.39, 0.29) is 81.9 Å².